The third-order valence-corrected chi connectivity index (χ3v) is 3.95. The van der Waals surface area contributed by atoms with Gasteiger partial charge >= 0.3 is 0 Å². The van der Waals surface area contributed by atoms with Gasteiger partial charge in [0.2, 0.25) is 0 Å². The monoisotopic (exact) mass is 181 g/mol. The number of fused-ring (bicyclic) bond motifs is 1. The number of rotatable bonds is 4. The Kier molecular flexibility index (Phi) is 2.64. The molecule has 0 saturated heterocycles. The van der Waals surface area contributed by atoms with Crippen molar-refractivity contribution in [1.82, 2.24) is 5.32 Å². The molecule has 2 saturated carbocycles. The van der Waals surface area contributed by atoms with Crippen molar-refractivity contribution < 1.29 is 0 Å². The van der Waals surface area contributed by atoms with Gasteiger partial charge in [-0.25, -0.2) is 0 Å². The second-order valence-corrected chi connectivity index (χ2v) is 5.51. The molecule has 0 spiro atoms. The Balaban J connectivity index is 1.82. The molecule has 13 heavy (non-hydrogen) atoms. The van der Waals surface area contributed by atoms with Crippen molar-refractivity contribution in [2.45, 2.75) is 45.6 Å². The quantitative estimate of drug-likeness (QED) is 0.703. The predicted molar refractivity (Wildman–Crippen MR) is 56.6 cm³/mol. The first-order valence-corrected chi connectivity index (χ1v) is 5.88. The van der Waals surface area contributed by atoms with Crippen molar-refractivity contribution in [2.75, 3.05) is 7.05 Å². The Bertz CT molecular complexity index is 166. The summed E-state index contributed by atoms with van der Waals surface area (Å²) in [5.41, 5.74) is 0. The molecule has 0 aromatic carbocycles. The molecular formula is C12H23N. The maximum absolute atomic E-state index is 3.52. The van der Waals surface area contributed by atoms with Crippen molar-refractivity contribution >= 4 is 0 Å². The summed E-state index contributed by atoms with van der Waals surface area (Å²) < 4.78 is 0. The maximum atomic E-state index is 3.52. The molecule has 1 N–H and O–H groups in total. The third-order valence-electron chi connectivity index (χ3n) is 3.95. The van der Waals surface area contributed by atoms with Gasteiger partial charge in [-0.3, -0.25) is 0 Å². The van der Waals surface area contributed by atoms with E-state index in [0.29, 0.717) is 0 Å². The van der Waals surface area contributed by atoms with Gasteiger partial charge in [-0.15, -0.1) is 0 Å². The van der Waals surface area contributed by atoms with E-state index in [1.54, 1.807) is 6.42 Å². The lowest BCUT2D eigenvalue weighted by Gasteiger charge is -2.25. The number of hydrogen-bond acceptors (Lipinski definition) is 1. The van der Waals surface area contributed by atoms with Crippen LogP contribution >= 0.6 is 0 Å². The van der Waals surface area contributed by atoms with Gasteiger partial charge in [-0.2, -0.15) is 0 Å². The third kappa shape index (κ3) is 2.07. The van der Waals surface area contributed by atoms with Crippen LogP contribution in [0.25, 0.3) is 0 Å². The Labute approximate surface area is 82.3 Å². The molecule has 0 aromatic heterocycles. The molecule has 3 atom stereocenters. The van der Waals surface area contributed by atoms with E-state index in [1.807, 2.05) is 0 Å². The minimum absolute atomic E-state index is 0.799. The molecule has 1 heteroatoms. The molecule has 2 fully saturated rings. The van der Waals surface area contributed by atoms with E-state index in [0.717, 1.165) is 29.7 Å². The van der Waals surface area contributed by atoms with E-state index in [9.17, 15) is 0 Å². The fourth-order valence-corrected chi connectivity index (χ4v) is 3.14. The lowest BCUT2D eigenvalue weighted by Crippen LogP contribution is -2.34. The van der Waals surface area contributed by atoms with Crippen molar-refractivity contribution in [3.05, 3.63) is 0 Å². The van der Waals surface area contributed by atoms with Gasteiger partial charge in [0.1, 0.15) is 0 Å². The van der Waals surface area contributed by atoms with Crippen molar-refractivity contribution in [1.29, 1.82) is 0 Å². The summed E-state index contributed by atoms with van der Waals surface area (Å²) in [5, 5.41) is 3.52. The lowest BCUT2D eigenvalue weighted by atomic mass is 9.88. The zero-order valence-electron chi connectivity index (χ0n) is 9.22. The van der Waals surface area contributed by atoms with Gasteiger partial charge in [-0.1, -0.05) is 13.8 Å². The Morgan fingerprint density at radius 2 is 1.77 bits per heavy atom. The Morgan fingerprint density at radius 1 is 1.15 bits per heavy atom. The van der Waals surface area contributed by atoms with Crippen LogP contribution in [0.2, 0.25) is 0 Å². The largest absolute Gasteiger partial charge is 0.317 e. The van der Waals surface area contributed by atoms with E-state index in [2.05, 4.69) is 26.2 Å². The zero-order chi connectivity index (χ0) is 9.42. The highest BCUT2D eigenvalue weighted by molar-refractivity contribution is 4.99. The fourth-order valence-electron chi connectivity index (χ4n) is 3.14. The van der Waals surface area contributed by atoms with E-state index in [-0.39, 0.29) is 0 Å². The van der Waals surface area contributed by atoms with Gasteiger partial charge in [0.05, 0.1) is 0 Å². The molecule has 0 aromatic rings. The first kappa shape index (κ1) is 9.51. The van der Waals surface area contributed by atoms with Crippen LogP contribution in [0, 0.1) is 23.7 Å². The van der Waals surface area contributed by atoms with Crippen molar-refractivity contribution in [3.8, 4) is 0 Å². The van der Waals surface area contributed by atoms with Gasteiger partial charge in [0, 0.05) is 6.04 Å². The van der Waals surface area contributed by atoms with Crippen molar-refractivity contribution in [3.63, 3.8) is 0 Å². The number of nitrogens with one attached hydrogen (secondary N) is 1. The van der Waals surface area contributed by atoms with Gasteiger partial charge in [0.15, 0.2) is 0 Å². The highest BCUT2D eigenvalue weighted by atomic mass is 14.9. The Hall–Kier alpha value is -0.0400. The van der Waals surface area contributed by atoms with Crippen LogP contribution < -0.4 is 5.32 Å². The lowest BCUT2D eigenvalue weighted by molar-refractivity contribution is 0.306. The molecule has 1 nitrogen and oxygen atoms in total. The molecule has 0 radical (unpaired) electrons. The molecular weight excluding hydrogens is 158 g/mol. The molecule has 3 unspecified atom stereocenters. The average molecular weight is 181 g/mol. The van der Waals surface area contributed by atoms with Crippen LogP contribution in [0.4, 0.5) is 0 Å². The molecule has 2 aliphatic rings. The minimum atomic E-state index is 0.799. The van der Waals surface area contributed by atoms with Gasteiger partial charge in [0.25, 0.3) is 0 Å². The molecule has 2 aliphatic carbocycles. The fraction of sp³-hybridized carbons (Fsp3) is 1.00. The van der Waals surface area contributed by atoms with Gasteiger partial charge < -0.3 is 5.32 Å². The van der Waals surface area contributed by atoms with Crippen LogP contribution in [0.1, 0.15) is 39.5 Å². The standard InChI is InChI=1S/C12H23N/c1-8(2)4-12(13-3)11-6-9-5-10(9)7-11/h8-13H,4-7H2,1-3H3. The second-order valence-electron chi connectivity index (χ2n) is 5.51. The van der Waals surface area contributed by atoms with E-state index in [4.69, 9.17) is 0 Å². The van der Waals surface area contributed by atoms with Crippen LogP contribution in [0.15, 0.2) is 0 Å². The Morgan fingerprint density at radius 3 is 2.23 bits per heavy atom. The number of hydrogen-bond donors (Lipinski definition) is 1. The topological polar surface area (TPSA) is 12.0 Å². The van der Waals surface area contributed by atoms with E-state index in [1.165, 1.54) is 19.3 Å². The normalized spacial score (nSPS) is 39.2. The van der Waals surface area contributed by atoms with Crippen LogP contribution in [0.3, 0.4) is 0 Å². The second kappa shape index (κ2) is 3.61. The molecule has 76 valence electrons. The first-order valence-electron chi connectivity index (χ1n) is 5.88. The van der Waals surface area contributed by atoms with E-state index < -0.39 is 0 Å². The zero-order valence-corrected chi connectivity index (χ0v) is 9.22. The van der Waals surface area contributed by atoms with Crippen molar-refractivity contribution in [2.24, 2.45) is 23.7 Å². The molecule has 0 heterocycles. The SMILES string of the molecule is CNC(CC(C)C)C1CC2CC2C1. The summed E-state index contributed by atoms with van der Waals surface area (Å²) >= 11 is 0. The molecule has 0 amide bonds. The van der Waals surface area contributed by atoms with Crippen LogP contribution in [-0.4, -0.2) is 13.1 Å². The van der Waals surface area contributed by atoms with Crippen LogP contribution in [-0.2, 0) is 0 Å². The molecule has 2 rings (SSSR count). The molecule has 0 aliphatic heterocycles. The summed E-state index contributed by atoms with van der Waals surface area (Å²) in [5.74, 6) is 4.10. The summed E-state index contributed by atoms with van der Waals surface area (Å²) in [7, 11) is 2.14. The average Bonchev–Trinajstić information content (AvgIpc) is 2.69. The summed E-state index contributed by atoms with van der Waals surface area (Å²) in [4.78, 5) is 0. The summed E-state index contributed by atoms with van der Waals surface area (Å²) in [6, 6.07) is 0.799. The van der Waals surface area contributed by atoms with E-state index >= 15 is 0 Å². The minimum Gasteiger partial charge on any atom is -0.317 e. The molecule has 0 bridgehead atoms. The highest BCUT2D eigenvalue weighted by Gasteiger charge is 2.47. The van der Waals surface area contributed by atoms with Gasteiger partial charge in [-0.05, 0) is 56.4 Å². The summed E-state index contributed by atoms with van der Waals surface area (Å²) in [6.45, 7) is 4.67. The predicted octanol–water partition coefficient (Wildman–Crippen LogP) is 2.67. The summed E-state index contributed by atoms with van der Waals surface area (Å²) in [6.07, 6.45) is 5.95. The van der Waals surface area contributed by atoms with Crippen LogP contribution in [0.5, 0.6) is 0 Å². The first-order chi connectivity index (χ1) is 6.20. The highest BCUT2D eigenvalue weighted by Crippen LogP contribution is 2.55. The smallest absolute Gasteiger partial charge is 0.00949 e. The maximum Gasteiger partial charge on any atom is 0.00949 e.